The molecule has 0 aliphatic carbocycles. The molecule has 2 aromatic rings. The molecule has 18 heavy (non-hydrogen) atoms. The molecule has 0 spiro atoms. The Hall–Kier alpha value is -1.91. The molecule has 0 unspecified atom stereocenters. The van der Waals surface area contributed by atoms with Crippen molar-refractivity contribution in [1.29, 1.82) is 0 Å². The Kier molecular flexibility index (Phi) is 3.07. The van der Waals surface area contributed by atoms with Crippen LogP contribution in [-0.2, 0) is 12.0 Å². The van der Waals surface area contributed by atoms with Gasteiger partial charge in [0.05, 0.1) is 12.2 Å². The molecule has 0 aliphatic rings. The second-order valence-corrected chi connectivity index (χ2v) is 5.60. The number of aromatic nitrogens is 4. The molecule has 0 aliphatic heterocycles. The summed E-state index contributed by atoms with van der Waals surface area (Å²) in [6.07, 6.45) is 3.68. The van der Waals surface area contributed by atoms with Gasteiger partial charge in [-0.15, -0.1) is 5.10 Å². The van der Waals surface area contributed by atoms with E-state index in [-0.39, 0.29) is 5.41 Å². The molecule has 0 amide bonds. The molecule has 2 rings (SSSR count). The van der Waals surface area contributed by atoms with Gasteiger partial charge in [-0.2, -0.15) is 0 Å². The fourth-order valence-corrected chi connectivity index (χ4v) is 2.09. The molecule has 0 saturated carbocycles. The van der Waals surface area contributed by atoms with Gasteiger partial charge in [-0.3, -0.25) is 4.98 Å². The summed E-state index contributed by atoms with van der Waals surface area (Å²) >= 11 is 0. The van der Waals surface area contributed by atoms with E-state index < -0.39 is 0 Å². The van der Waals surface area contributed by atoms with E-state index in [1.807, 2.05) is 24.0 Å². The fourth-order valence-electron chi connectivity index (χ4n) is 2.09. The summed E-state index contributed by atoms with van der Waals surface area (Å²) in [4.78, 5) is 4.19. The second-order valence-electron chi connectivity index (χ2n) is 5.60. The topological polar surface area (TPSA) is 69.6 Å². The number of nitrogen functional groups attached to an aromatic ring is 1. The largest absolute Gasteiger partial charge is 0.381 e. The minimum Gasteiger partial charge on any atom is -0.381 e. The molecular formula is C13H19N5. The van der Waals surface area contributed by atoms with Crippen molar-refractivity contribution in [3.63, 3.8) is 0 Å². The first-order chi connectivity index (χ1) is 8.38. The van der Waals surface area contributed by atoms with E-state index in [2.05, 4.69) is 42.1 Å². The molecule has 2 N–H and O–H groups in total. The number of nitrogens with zero attached hydrogens (tertiary/aromatic N) is 4. The summed E-state index contributed by atoms with van der Waals surface area (Å²) in [6, 6.07) is 2.09. The third-order valence-corrected chi connectivity index (χ3v) is 2.74. The summed E-state index contributed by atoms with van der Waals surface area (Å²) < 4.78 is 1.85. The predicted molar refractivity (Wildman–Crippen MR) is 71.2 cm³/mol. The molecule has 5 nitrogen and oxygen atoms in total. The normalized spacial score (nSPS) is 11.8. The molecule has 0 atom stereocenters. The van der Waals surface area contributed by atoms with Crippen LogP contribution in [0.2, 0.25) is 0 Å². The van der Waals surface area contributed by atoms with Crippen LogP contribution >= 0.6 is 0 Å². The van der Waals surface area contributed by atoms with Crippen molar-refractivity contribution in [1.82, 2.24) is 20.0 Å². The first-order valence-corrected chi connectivity index (χ1v) is 5.98. The lowest BCUT2D eigenvalue weighted by atomic mass is 9.92. The van der Waals surface area contributed by atoms with Crippen molar-refractivity contribution in [2.45, 2.75) is 39.7 Å². The zero-order chi connectivity index (χ0) is 13.3. The van der Waals surface area contributed by atoms with Crippen molar-refractivity contribution in [3.05, 3.63) is 35.3 Å². The Labute approximate surface area is 107 Å². The fraction of sp³-hybridized carbons (Fsp3) is 0.462. The standard InChI is InChI=1S/C13H19N5/c1-9-5-10(7-15-6-9)8-18-11(13(2,3)4)12(14)16-17-18/h5-7H,8,14H2,1-4H3. The Morgan fingerprint density at radius 3 is 2.61 bits per heavy atom. The molecule has 2 heterocycles. The lowest BCUT2D eigenvalue weighted by Gasteiger charge is -2.20. The SMILES string of the molecule is Cc1cncc(Cn2nnc(N)c2C(C)(C)C)c1. The highest BCUT2D eigenvalue weighted by Gasteiger charge is 2.24. The number of nitrogens with two attached hydrogens (primary N) is 1. The van der Waals surface area contributed by atoms with Crippen LogP contribution in [-0.4, -0.2) is 20.0 Å². The summed E-state index contributed by atoms with van der Waals surface area (Å²) in [5, 5.41) is 8.09. The van der Waals surface area contributed by atoms with E-state index in [1.54, 1.807) is 0 Å². The maximum Gasteiger partial charge on any atom is 0.169 e. The third kappa shape index (κ3) is 2.50. The first-order valence-electron chi connectivity index (χ1n) is 5.98. The summed E-state index contributed by atoms with van der Waals surface area (Å²) in [5.41, 5.74) is 9.02. The quantitative estimate of drug-likeness (QED) is 0.877. The Morgan fingerprint density at radius 1 is 1.28 bits per heavy atom. The molecule has 0 fully saturated rings. The van der Waals surface area contributed by atoms with Crippen LogP contribution in [0.1, 0.15) is 37.6 Å². The lowest BCUT2D eigenvalue weighted by Crippen LogP contribution is -2.20. The predicted octanol–water partition coefficient (Wildman–Crippen LogP) is 1.91. The van der Waals surface area contributed by atoms with Gasteiger partial charge in [0.25, 0.3) is 0 Å². The molecule has 0 bridgehead atoms. The zero-order valence-electron chi connectivity index (χ0n) is 11.3. The van der Waals surface area contributed by atoms with Crippen molar-refractivity contribution in [3.8, 4) is 0 Å². The van der Waals surface area contributed by atoms with Crippen LogP contribution in [0.3, 0.4) is 0 Å². The molecule has 5 heteroatoms. The molecule has 0 radical (unpaired) electrons. The van der Waals surface area contributed by atoms with Gasteiger partial charge in [-0.25, -0.2) is 4.68 Å². The molecule has 96 valence electrons. The summed E-state index contributed by atoms with van der Waals surface area (Å²) in [5.74, 6) is 0.503. The van der Waals surface area contributed by atoms with Gasteiger partial charge >= 0.3 is 0 Å². The Bertz CT molecular complexity index is 551. The Balaban J connectivity index is 2.36. The minimum atomic E-state index is -0.0785. The highest BCUT2D eigenvalue weighted by molar-refractivity contribution is 5.38. The molecular weight excluding hydrogens is 226 g/mol. The van der Waals surface area contributed by atoms with Crippen LogP contribution < -0.4 is 5.73 Å². The van der Waals surface area contributed by atoms with Crippen molar-refractivity contribution in [2.24, 2.45) is 0 Å². The zero-order valence-corrected chi connectivity index (χ0v) is 11.3. The molecule has 0 saturated heterocycles. The van der Waals surface area contributed by atoms with Gasteiger partial charge < -0.3 is 5.73 Å². The highest BCUT2D eigenvalue weighted by Crippen LogP contribution is 2.26. The maximum atomic E-state index is 5.90. The van der Waals surface area contributed by atoms with Crippen molar-refractivity contribution in [2.75, 3.05) is 5.73 Å². The van der Waals surface area contributed by atoms with Crippen LogP contribution in [0, 0.1) is 6.92 Å². The number of hydrogen-bond acceptors (Lipinski definition) is 4. The summed E-state index contributed by atoms with van der Waals surface area (Å²) in [7, 11) is 0. The van der Waals surface area contributed by atoms with Crippen LogP contribution in [0.25, 0.3) is 0 Å². The van der Waals surface area contributed by atoms with Gasteiger partial charge in [-0.05, 0) is 18.1 Å². The number of rotatable bonds is 2. The lowest BCUT2D eigenvalue weighted by molar-refractivity contribution is 0.502. The van der Waals surface area contributed by atoms with E-state index in [9.17, 15) is 0 Å². The first kappa shape index (κ1) is 12.5. The van der Waals surface area contributed by atoms with Crippen LogP contribution in [0.4, 0.5) is 5.82 Å². The van der Waals surface area contributed by atoms with Gasteiger partial charge in [0, 0.05) is 17.8 Å². The van der Waals surface area contributed by atoms with Crippen LogP contribution in [0.5, 0.6) is 0 Å². The van der Waals surface area contributed by atoms with E-state index >= 15 is 0 Å². The molecule has 2 aromatic heterocycles. The third-order valence-electron chi connectivity index (χ3n) is 2.74. The number of pyridine rings is 1. The second kappa shape index (κ2) is 4.40. The van der Waals surface area contributed by atoms with Gasteiger partial charge in [-0.1, -0.05) is 32.1 Å². The average molecular weight is 245 g/mol. The van der Waals surface area contributed by atoms with Crippen LogP contribution in [0.15, 0.2) is 18.5 Å². The Morgan fingerprint density at radius 2 is 2.00 bits per heavy atom. The number of anilines is 1. The van der Waals surface area contributed by atoms with E-state index in [0.717, 1.165) is 16.8 Å². The maximum absolute atomic E-state index is 5.90. The van der Waals surface area contributed by atoms with Gasteiger partial charge in [0.2, 0.25) is 0 Å². The average Bonchev–Trinajstić information content (AvgIpc) is 2.59. The van der Waals surface area contributed by atoms with E-state index in [1.165, 1.54) is 0 Å². The van der Waals surface area contributed by atoms with E-state index in [4.69, 9.17) is 5.73 Å². The van der Waals surface area contributed by atoms with E-state index in [0.29, 0.717) is 12.4 Å². The van der Waals surface area contributed by atoms with Gasteiger partial charge in [0.15, 0.2) is 5.82 Å². The monoisotopic (exact) mass is 245 g/mol. The van der Waals surface area contributed by atoms with Gasteiger partial charge in [0.1, 0.15) is 0 Å². The number of aryl methyl sites for hydroxylation is 1. The minimum absolute atomic E-state index is 0.0785. The van der Waals surface area contributed by atoms with Crippen molar-refractivity contribution < 1.29 is 0 Å². The highest BCUT2D eigenvalue weighted by atomic mass is 15.4. The summed E-state index contributed by atoms with van der Waals surface area (Å²) in [6.45, 7) is 8.98. The van der Waals surface area contributed by atoms with Crippen molar-refractivity contribution >= 4 is 5.82 Å². The molecule has 0 aromatic carbocycles. The number of hydrogen-bond donors (Lipinski definition) is 1. The smallest absolute Gasteiger partial charge is 0.169 e.